The van der Waals surface area contributed by atoms with Gasteiger partial charge in [-0.15, -0.1) is 0 Å². The van der Waals surface area contributed by atoms with Gasteiger partial charge in [0.1, 0.15) is 0 Å². The Bertz CT molecular complexity index is 1270. The largest absolute Gasteiger partial charge is 0.329 e. The van der Waals surface area contributed by atoms with Crippen molar-refractivity contribution in [3.63, 3.8) is 0 Å². The van der Waals surface area contributed by atoms with Crippen molar-refractivity contribution in [2.75, 3.05) is 5.43 Å². The number of fused-ring (bicyclic) bond motifs is 1. The van der Waals surface area contributed by atoms with Crippen molar-refractivity contribution in [2.45, 2.75) is 64.8 Å². The molecule has 0 saturated heterocycles. The third-order valence-corrected chi connectivity index (χ3v) is 5.70. The predicted molar refractivity (Wildman–Crippen MR) is 133 cm³/mol. The Hall–Kier alpha value is -3.76. The molecule has 3 aromatic rings. The third-order valence-electron chi connectivity index (χ3n) is 5.70. The topological polar surface area (TPSA) is 140 Å². The number of imidazole rings is 1. The zero-order chi connectivity index (χ0) is 24.5. The minimum atomic E-state index is -0.541. The Morgan fingerprint density at radius 3 is 2.56 bits per heavy atom. The number of hydrogen-bond acceptors (Lipinski definition) is 7. The molecule has 0 aliphatic rings. The lowest BCUT2D eigenvalue weighted by molar-refractivity contribution is -0.384. The first-order valence-corrected chi connectivity index (χ1v) is 11.7. The minimum Gasteiger partial charge on any atom is -0.303 e. The van der Waals surface area contributed by atoms with Crippen LogP contribution in [0.4, 0.5) is 11.6 Å². The van der Waals surface area contributed by atoms with Gasteiger partial charge in [0.2, 0.25) is 5.95 Å². The molecule has 0 unspecified atom stereocenters. The number of aryl methyl sites for hydroxylation is 2. The SMILES string of the molecule is CCCCCCCCCCn1c(NN=Cc2cccc([N+](=O)[O-])c2)nc2c1c(=O)[nH]c(=O)n2C. The second-order valence-electron chi connectivity index (χ2n) is 8.27. The summed E-state index contributed by atoms with van der Waals surface area (Å²) >= 11 is 0. The molecule has 0 aliphatic heterocycles. The van der Waals surface area contributed by atoms with Crippen LogP contribution in [0.1, 0.15) is 63.9 Å². The van der Waals surface area contributed by atoms with Crippen LogP contribution < -0.4 is 16.7 Å². The predicted octanol–water partition coefficient (Wildman–Crippen LogP) is 3.92. The highest BCUT2D eigenvalue weighted by atomic mass is 16.6. The number of nitrogens with zero attached hydrogens (tertiary/aromatic N) is 5. The fourth-order valence-corrected chi connectivity index (χ4v) is 3.82. The Kier molecular flexibility index (Phi) is 8.72. The van der Waals surface area contributed by atoms with E-state index in [2.05, 4.69) is 27.4 Å². The van der Waals surface area contributed by atoms with Crippen LogP contribution in [0, 0.1) is 10.1 Å². The first kappa shape index (κ1) is 24.9. The normalized spacial score (nSPS) is 11.5. The number of non-ortho nitro benzene ring substituents is 1. The number of rotatable bonds is 13. The van der Waals surface area contributed by atoms with Gasteiger partial charge in [-0.05, 0) is 6.42 Å². The van der Waals surface area contributed by atoms with E-state index in [1.165, 1.54) is 55.0 Å². The summed E-state index contributed by atoms with van der Waals surface area (Å²) in [4.78, 5) is 41.8. The maximum atomic E-state index is 12.6. The molecule has 1 aromatic carbocycles. The van der Waals surface area contributed by atoms with Gasteiger partial charge in [0, 0.05) is 31.3 Å². The zero-order valence-electron chi connectivity index (χ0n) is 19.6. The molecule has 2 heterocycles. The number of hydrogen-bond donors (Lipinski definition) is 2. The summed E-state index contributed by atoms with van der Waals surface area (Å²) in [7, 11) is 1.55. The Morgan fingerprint density at radius 2 is 1.85 bits per heavy atom. The van der Waals surface area contributed by atoms with E-state index in [1.54, 1.807) is 23.7 Å². The van der Waals surface area contributed by atoms with Gasteiger partial charge in [-0.1, -0.05) is 64.0 Å². The van der Waals surface area contributed by atoms with Crippen molar-refractivity contribution in [1.82, 2.24) is 19.1 Å². The molecule has 2 N–H and O–H groups in total. The van der Waals surface area contributed by atoms with Gasteiger partial charge in [0.15, 0.2) is 11.2 Å². The van der Waals surface area contributed by atoms with E-state index >= 15 is 0 Å². The molecule has 0 fully saturated rings. The summed E-state index contributed by atoms with van der Waals surface area (Å²) < 4.78 is 3.02. The average Bonchev–Trinajstić information content (AvgIpc) is 3.18. The molecular weight excluding hydrogens is 438 g/mol. The first-order chi connectivity index (χ1) is 16.4. The summed E-state index contributed by atoms with van der Waals surface area (Å²) in [5.41, 5.74) is 2.87. The molecule has 11 heteroatoms. The number of H-pyrrole nitrogens is 1. The van der Waals surface area contributed by atoms with Gasteiger partial charge >= 0.3 is 5.69 Å². The highest BCUT2D eigenvalue weighted by Gasteiger charge is 2.17. The van der Waals surface area contributed by atoms with Gasteiger partial charge in [-0.3, -0.25) is 24.5 Å². The number of anilines is 1. The second kappa shape index (κ2) is 11.9. The second-order valence-corrected chi connectivity index (χ2v) is 8.27. The minimum absolute atomic E-state index is 0.0348. The Balaban J connectivity index is 1.77. The summed E-state index contributed by atoms with van der Waals surface area (Å²) in [5, 5.41) is 15.1. The number of aromatic nitrogens is 4. The van der Waals surface area contributed by atoms with Crippen LogP contribution in [0.15, 0.2) is 39.0 Å². The molecule has 11 nitrogen and oxygen atoms in total. The summed E-state index contributed by atoms with van der Waals surface area (Å²) in [6.45, 7) is 2.74. The summed E-state index contributed by atoms with van der Waals surface area (Å²) in [5.74, 6) is 0.325. The lowest BCUT2D eigenvalue weighted by atomic mass is 10.1. The molecule has 0 bridgehead atoms. The van der Waals surface area contributed by atoms with Crippen LogP contribution in [0.3, 0.4) is 0 Å². The van der Waals surface area contributed by atoms with Crippen molar-refractivity contribution in [3.05, 3.63) is 60.8 Å². The molecule has 0 radical (unpaired) electrons. The molecule has 34 heavy (non-hydrogen) atoms. The number of nitrogens with one attached hydrogen (secondary N) is 2. The van der Waals surface area contributed by atoms with E-state index in [9.17, 15) is 19.7 Å². The standard InChI is InChI=1S/C23H31N7O4/c1-3-4-5-6-7-8-9-10-14-29-19-20(28(2)23(32)26-21(19)31)25-22(29)27-24-16-17-12-11-13-18(15-17)30(33)34/h11-13,15-16H,3-10,14H2,1-2H3,(H,25,27)(H,26,31,32). The van der Waals surface area contributed by atoms with Crippen LogP contribution in [-0.2, 0) is 13.6 Å². The number of hydrazone groups is 1. The van der Waals surface area contributed by atoms with E-state index in [0.717, 1.165) is 19.3 Å². The fourth-order valence-electron chi connectivity index (χ4n) is 3.82. The Morgan fingerprint density at radius 1 is 1.15 bits per heavy atom. The van der Waals surface area contributed by atoms with Gasteiger partial charge in [-0.2, -0.15) is 10.1 Å². The number of benzene rings is 1. The fraction of sp³-hybridized carbons (Fsp3) is 0.478. The van der Waals surface area contributed by atoms with Gasteiger partial charge in [-0.25, -0.2) is 10.2 Å². The van der Waals surface area contributed by atoms with Crippen LogP contribution in [0.25, 0.3) is 11.2 Å². The molecular formula is C23H31N7O4. The van der Waals surface area contributed by atoms with Gasteiger partial charge in [0.25, 0.3) is 11.2 Å². The van der Waals surface area contributed by atoms with E-state index in [-0.39, 0.29) is 11.3 Å². The maximum absolute atomic E-state index is 12.6. The highest BCUT2D eigenvalue weighted by Crippen LogP contribution is 2.18. The molecule has 0 spiro atoms. The summed E-state index contributed by atoms with van der Waals surface area (Å²) in [6, 6.07) is 6.08. The molecule has 2 aromatic heterocycles. The third kappa shape index (κ3) is 6.18. The van der Waals surface area contributed by atoms with Crippen molar-refractivity contribution in [2.24, 2.45) is 12.1 Å². The van der Waals surface area contributed by atoms with Crippen LogP contribution in [-0.4, -0.2) is 30.2 Å². The van der Waals surface area contributed by atoms with Crippen molar-refractivity contribution in [1.29, 1.82) is 0 Å². The maximum Gasteiger partial charge on any atom is 0.329 e. The molecule has 0 atom stereocenters. The monoisotopic (exact) mass is 469 g/mol. The van der Waals surface area contributed by atoms with Crippen LogP contribution in [0.2, 0.25) is 0 Å². The van der Waals surface area contributed by atoms with Crippen molar-refractivity contribution >= 4 is 29.0 Å². The highest BCUT2D eigenvalue weighted by molar-refractivity contribution is 5.81. The molecule has 0 amide bonds. The van der Waals surface area contributed by atoms with Gasteiger partial charge in [0.05, 0.1) is 11.1 Å². The number of unbranched alkanes of at least 4 members (excludes halogenated alkanes) is 7. The number of nitro benzene ring substituents is 1. The lowest BCUT2D eigenvalue weighted by Gasteiger charge is -2.08. The van der Waals surface area contributed by atoms with E-state index in [1.807, 2.05) is 0 Å². The quantitative estimate of drug-likeness (QED) is 0.168. The van der Waals surface area contributed by atoms with Crippen LogP contribution in [0.5, 0.6) is 0 Å². The first-order valence-electron chi connectivity index (χ1n) is 11.7. The molecule has 0 aliphatic carbocycles. The van der Waals surface area contributed by atoms with Crippen molar-refractivity contribution < 1.29 is 4.92 Å². The number of aromatic amines is 1. The van der Waals surface area contributed by atoms with Gasteiger partial charge < -0.3 is 4.57 Å². The van der Waals surface area contributed by atoms with Crippen LogP contribution >= 0.6 is 0 Å². The molecule has 0 saturated carbocycles. The molecule has 3 rings (SSSR count). The van der Waals surface area contributed by atoms with E-state index in [4.69, 9.17) is 0 Å². The number of nitro groups is 1. The summed E-state index contributed by atoms with van der Waals surface area (Å²) in [6.07, 6.45) is 10.6. The zero-order valence-corrected chi connectivity index (χ0v) is 19.6. The Labute approximate surface area is 196 Å². The van der Waals surface area contributed by atoms with E-state index in [0.29, 0.717) is 23.6 Å². The smallest absolute Gasteiger partial charge is 0.303 e. The van der Waals surface area contributed by atoms with Crippen molar-refractivity contribution in [3.8, 4) is 0 Å². The lowest BCUT2D eigenvalue weighted by Crippen LogP contribution is -2.29. The average molecular weight is 470 g/mol. The van der Waals surface area contributed by atoms with E-state index < -0.39 is 16.2 Å². The molecule has 182 valence electrons.